The number of carbonyl (C=O) groups excluding carboxylic acids is 1. The van der Waals surface area contributed by atoms with Crippen LogP contribution in [0.1, 0.15) is 48.7 Å². The second-order valence-corrected chi connectivity index (χ2v) is 5.32. The van der Waals surface area contributed by atoms with Crippen molar-refractivity contribution < 1.29 is 9.90 Å². The normalized spacial score (nSPS) is 10.6. The molecule has 1 amide bonds. The largest absolute Gasteiger partial charge is 0.396 e. The van der Waals surface area contributed by atoms with E-state index in [-0.39, 0.29) is 12.5 Å². The number of aliphatic hydroxyl groups is 1. The Kier molecular flexibility index (Phi) is 7.55. The highest BCUT2D eigenvalue weighted by Crippen LogP contribution is 2.14. The van der Waals surface area contributed by atoms with E-state index in [4.69, 9.17) is 16.7 Å². The van der Waals surface area contributed by atoms with E-state index in [0.717, 1.165) is 37.8 Å². The fourth-order valence-electron chi connectivity index (χ4n) is 2.02. The van der Waals surface area contributed by atoms with E-state index in [0.29, 0.717) is 17.3 Å². The molecule has 0 aliphatic rings. The van der Waals surface area contributed by atoms with Gasteiger partial charge >= 0.3 is 0 Å². The van der Waals surface area contributed by atoms with Crippen molar-refractivity contribution in [1.82, 2.24) is 9.88 Å². The van der Waals surface area contributed by atoms with E-state index in [1.807, 2.05) is 6.07 Å². The Bertz CT molecular complexity index is 438. The van der Waals surface area contributed by atoms with Crippen LogP contribution in [-0.2, 0) is 6.42 Å². The summed E-state index contributed by atoms with van der Waals surface area (Å²) in [5.74, 6) is -0.0318. The molecule has 0 bridgehead atoms. The Hall–Kier alpha value is -1.13. The van der Waals surface area contributed by atoms with Crippen LogP contribution in [-0.4, -0.2) is 41.1 Å². The Morgan fingerprint density at radius 1 is 1.35 bits per heavy atom. The number of unbranched alkanes of at least 4 members (excludes halogenated alkanes) is 2. The van der Waals surface area contributed by atoms with Crippen LogP contribution in [0.15, 0.2) is 12.1 Å². The second kappa shape index (κ2) is 8.93. The first kappa shape index (κ1) is 16.9. The fourth-order valence-corrected chi connectivity index (χ4v) is 2.24. The molecule has 0 fully saturated rings. The number of aryl methyl sites for hydroxylation is 1. The monoisotopic (exact) mass is 298 g/mol. The molecule has 0 unspecified atom stereocenters. The van der Waals surface area contributed by atoms with Crippen molar-refractivity contribution in [2.45, 2.75) is 39.0 Å². The molecular formula is C15H23ClN2O2. The van der Waals surface area contributed by atoms with Gasteiger partial charge in [0.1, 0.15) is 5.15 Å². The highest BCUT2D eigenvalue weighted by atomic mass is 35.5. The molecule has 112 valence electrons. The predicted molar refractivity (Wildman–Crippen MR) is 81.1 cm³/mol. The van der Waals surface area contributed by atoms with E-state index in [2.05, 4.69) is 11.9 Å². The molecular weight excluding hydrogens is 276 g/mol. The fraction of sp³-hybridized carbons (Fsp3) is 0.600. The molecule has 0 saturated heterocycles. The number of hydrogen-bond acceptors (Lipinski definition) is 3. The second-order valence-electron chi connectivity index (χ2n) is 4.93. The van der Waals surface area contributed by atoms with E-state index in [1.54, 1.807) is 18.0 Å². The van der Waals surface area contributed by atoms with Gasteiger partial charge < -0.3 is 10.0 Å². The molecule has 0 aliphatic heterocycles. The average molecular weight is 299 g/mol. The van der Waals surface area contributed by atoms with Gasteiger partial charge in [0.15, 0.2) is 0 Å². The number of hydrogen-bond donors (Lipinski definition) is 1. The van der Waals surface area contributed by atoms with Crippen molar-refractivity contribution >= 4 is 17.5 Å². The average Bonchev–Trinajstić information content (AvgIpc) is 2.42. The van der Waals surface area contributed by atoms with Crippen LogP contribution in [0.3, 0.4) is 0 Å². The van der Waals surface area contributed by atoms with Gasteiger partial charge in [-0.1, -0.05) is 24.9 Å². The highest BCUT2D eigenvalue weighted by Gasteiger charge is 2.13. The number of carbonyl (C=O) groups is 1. The van der Waals surface area contributed by atoms with E-state index < -0.39 is 0 Å². The zero-order valence-corrected chi connectivity index (χ0v) is 13.0. The molecule has 1 heterocycles. The van der Waals surface area contributed by atoms with Crippen LogP contribution in [0.25, 0.3) is 0 Å². The lowest BCUT2D eigenvalue weighted by Gasteiger charge is -2.17. The zero-order valence-electron chi connectivity index (χ0n) is 12.2. The number of halogens is 1. The number of aromatic nitrogens is 1. The Labute approximate surface area is 125 Å². The van der Waals surface area contributed by atoms with Gasteiger partial charge in [-0.25, -0.2) is 4.98 Å². The standard InChI is InChI=1S/C15H23ClN2O2/c1-3-7-13-10-12(11-14(16)17-13)15(20)18(2)8-5-4-6-9-19/h10-11,19H,3-9H2,1-2H3. The molecule has 0 spiro atoms. The van der Waals surface area contributed by atoms with Crippen LogP contribution in [0.2, 0.25) is 5.15 Å². The summed E-state index contributed by atoms with van der Waals surface area (Å²) in [6, 6.07) is 3.44. The number of pyridine rings is 1. The number of rotatable bonds is 8. The van der Waals surface area contributed by atoms with Crippen LogP contribution in [0.4, 0.5) is 0 Å². The van der Waals surface area contributed by atoms with Crippen molar-refractivity contribution in [2.24, 2.45) is 0 Å². The maximum absolute atomic E-state index is 12.3. The minimum absolute atomic E-state index is 0.0318. The lowest BCUT2D eigenvalue weighted by Crippen LogP contribution is -2.28. The SMILES string of the molecule is CCCc1cc(C(=O)N(C)CCCCCO)cc(Cl)n1. The Morgan fingerprint density at radius 3 is 2.75 bits per heavy atom. The third kappa shape index (κ3) is 5.47. The van der Waals surface area contributed by atoms with Crippen molar-refractivity contribution in [3.8, 4) is 0 Å². The summed E-state index contributed by atoms with van der Waals surface area (Å²) in [4.78, 5) is 18.2. The molecule has 0 saturated carbocycles. The summed E-state index contributed by atoms with van der Waals surface area (Å²) in [5.41, 5.74) is 1.45. The number of amides is 1. The minimum atomic E-state index is -0.0318. The van der Waals surface area contributed by atoms with Crippen LogP contribution >= 0.6 is 11.6 Å². The maximum atomic E-state index is 12.3. The first-order chi connectivity index (χ1) is 9.58. The number of aliphatic hydroxyl groups excluding tert-OH is 1. The Morgan fingerprint density at radius 2 is 2.10 bits per heavy atom. The van der Waals surface area contributed by atoms with Crippen LogP contribution < -0.4 is 0 Å². The van der Waals surface area contributed by atoms with E-state index in [9.17, 15) is 4.79 Å². The molecule has 20 heavy (non-hydrogen) atoms. The molecule has 0 aliphatic carbocycles. The third-order valence-electron chi connectivity index (χ3n) is 3.10. The van der Waals surface area contributed by atoms with Gasteiger partial charge in [-0.05, 0) is 37.8 Å². The topological polar surface area (TPSA) is 53.4 Å². The summed E-state index contributed by atoms with van der Waals surface area (Å²) in [6.45, 7) is 2.96. The third-order valence-corrected chi connectivity index (χ3v) is 3.29. The molecule has 1 N–H and O–H groups in total. The van der Waals surface area contributed by atoms with Gasteiger partial charge in [-0.2, -0.15) is 0 Å². The summed E-state index contributed by atoms with van der Waals surface area (Å²) in [6.07, 6.45) is 4.39. The molecule has 0 aromatic carbocycles. The van der Waals surface area contributed by atoms with Crippen molar-refractivity contribution in [3.05, 3.63) is 28.5 Å². The molecule has 1 rings (SSSR count). The van der Waals surface area contributed by atoms with Crippen LogP contribution in [0, 0.1) is 0 Å². The molecule has 1 aromatic heterocycles. The van der Waals surface area contributed by atoms with Gasteiger partial charge in [0.05, 0.1) is 0 Å². The summed E-state index contributed by atoms with van der Waals surface area (Å²) < 4.78 is 0. The molecule has 4 nitrogen and oxygen atoms in total. The highest BCUT2D eigenvalue weighted by molar-refractivity contribution is 6.29. The van der Waals surface area contributed by atoms with Crippen LogP contribution in [0.5, 0.6) is 0 Å². The smallest absolute Gasteiger partial charge is 0.253 e. The molecule has 0 radical (unpaired) electrons. The van der Waals surface area contributed by atoms with E-state index in [1.165, 1.54) is 0 Å². The molecule has 1 aromatic rings. The molecule has 5 heteroatoms. The van der Waals surface area contributed by atoms with Crippen molar-refractivity contribution in [1.29, 1.82) is 0 Å². The van der Waals surface area contributed by atoms with Crippen molar-refractivity contribution in [3.63, 3.8) is 0 Å². The molecule has 0 atom stereocenters. The maximum Gasteiger partial charge on any atom is 0.253 e. The quantitative estimate of drug-likeness (QED) is 0.593. The number of nitrogens with zero attached hydrogens (tertiary/aromatic N) is 2. The Balaban J connectivity index is 2.65. The predicted octanol–water partition coefficient (Wildman–Crippen LogP) is 2.92. The van der Waals surface area contributed by atoms with Gasteiger partial charge in [0.2, 0.25) is 0 Å². The lowest BCUT2D eigenvalue weighted by atomic mass is 10.1. The van der Waals surface area contributed by atoms with Gasteiger partial charge in [-0.3, -0.25) is 4.79 Å². The lowest BCUT2D eigenvalue weighted by molar-refractivity contribution is 0.0792. The van der Waals surface area contributed by atoms with Gasteiger partial charge in [0.25, 0.3) is 5.91 Å². The first-order valence-electron chi connectivity index (χ1n) is 7.11. The summed E-state index contributed by atoms with van der Waals surface area (Å²) in [5, 5.41) is 9.10. The zero-order chi connectivity index (χ0) is 15.0. The first-order valence-corrected chi connectivity index (χ1v) is 7.49. The minimum Gasteiger partial charge on any atom is -0.396 e. The summed E-state index contributed by atoms with van der Waals surface area (Å²) in [7, 11) is 1.79. The van der Waals surface area contributed by atoms with Gasteiger partial charge in [0, 0.05) is 31.5 Å². The van der Waals surface area contributed by atoms with Crippen molar-refractivity contribution in [2.75, 3.05) is 20.2 Å². The summed E-state index contributed by atoms with van der Waals surface area (Å²) >= 11 is 5.97. The van der Waals surface area contributed by atoms with E-state index >= 15 is 0 Å². The van der Waals surface area contributed by atoms with Gasteiger partial charge in [-0.15, -0.1) is 0 Å².